The predicted octanol–water partition coefficient (Wildman–Crippen LogP) is 3.13. The number of Topliss-reactive ketones (excluding diaryl/α,β-unsaturated/α-hetero) is 1. The monoisotopic (exact) mass is 469 g/mol. The zero-order chi connectivity index (χ0) is 24.1. The van der Waals surface area contributed by atoms with E-state index in [1.807, 2.05) is 49.4 Å². The van der Waals surface area contributed by atoms with Crippen LogP contribution in [0, 0.1) is 6.92 Å². The van der Waals surface area contributed by atoms with Gasteiger partial charge in [-0.3, -0.25) is 19.1 Å². The highest BCUT2D eigenvalue weighted by Crippen LogP contribution is 2.36. The van der Waals surface area contributed by atoms with Crippen LogP contribution in [0.25, 0.3) is 11.0 Å². The maximum absolute atomic E-state index is 13.1. The van der Waals surface area contributed by atoms with E-state index in [1.165, 1.54) is 10.8 Å². The van der Waals surface area contributed by atoms with Crippen LogP contribution in [0.4, 0.5) is 0 Å². The highest BCUT2D eigenvalue weighted by molar-refractivity contribution is 6.02. The quantitative estimate of drug-likeness (QED) is 0.495. The Kier molecular flexibility index (Phi) is 5.02. The second kappa shape index (κ2) is 8.23. The summed E-state index contributed by atoms with van der Waals surface area (Å²) in [6.45, 7) is 3.16. The van der Waals surface area contributed by atoms with Crippen molar-refractivity contribution in [3.05, 3.63) is 97.3 Å². The molecule has 0 spiro atoms. The molecule has 6 rings (SSSR count). The highest BCUT2D eigenvalue weighted by atomic mass is 16.6. The minimum absolute atomic E-state index is 0.0422. The molecule has 1 unspecified atom stereocenters. The zero-order valence-electron chi connectivity index (χ0n) is 19.2. The maximum atomic E-state index is 13.1. The van der Waals surface area contributed by atoms with Crippen LogP contribution in [-0.4, -0.2) is 33.5 Å². The molecule has 1 N–H and O–H groups in total. The van der Waals surface area contributed by atoms with Gasteiger partial charge in [0.25, 0.3) is 5.56 Å². The fourth-order valence-electron chi connectivity index (χ4n) is 5.19. The second-order valence-electron chi connectivity index (χ2n) is 9.06. The minimum atomic E-state index is -0.553. The molecule has 176 valence electrons. The summed E-state index contributed by atoms with van der Waals surface area (Å²) in [4.78, 5) is 45.8. The number of carbonyl (C=O) groups excluding carboxylic acids is 1. The van der Waals surface area contributed by atoms with Gasteiger partial charge < -0.3 is 9.47 Å². The molecule has 8 heteroatoms. The first kappa shape index (κ1) is 21.3. The first-order valence-corrected chi connectivity index (χ1v) is 11.6. The summed E-state index contributed by atoms with van der Waals surface area (Å²) >= 11 is 0. The van der Waals surface area contributed by atoms with E-state index in [4.69, 9.17) is 9.47 Å². The number of ether oxygens (including phenoxy) is 2. The van der Waals surface area contributed by atoms with Gasteiger partial charge in [-0.1, -0.05) is 30.3 Å². The number of H-pyrrole nitrogens is 1. The zero-order valence-corrected chi connectivity index (χ0v) is 19.2. The Morgan fingerprint density at radius 2 is 1.83 bits per heavy atom. The van der Waals surface area contributed by atoms with E-state index in [0.717, 1.165) is 16.7 Å². The maximum Gasteiger partial charge on any atom is 0.330 e. The number of ketones is 1. The molecule has 0 saturated heterocycles. The summed E-state index contributed by atoms with van der Waals surface area (Å²) in [5, 5.41) is 0.297. The second-order valence-corrected chi connectivity index (χ2v) is 9.06. The molecule has 8 nitrogen and oxygen atoms in total. The third kappa shape index (κ3) is 3.62. The number of benzene rings is 2. The lowest BCUT2D eigenvalue weighted by Gasteiger charge is -2.26. The van der Waals surface area contributed by atoms with E-state index in [2.05, 4.69) is 9.97 Å². The molecule has 0 radical (unpaired) electrons. The summed E-state index contributed by atoms with van der Waals surface area (Å²) in [5.41, 5.74) is 3.31. The standard InChI is InChI=1S/C27H23N3O5/c1-15-4-2-3-5-18(15)17-11-19-20(21(31)12-17)13-28-25-24(19)26(32)29-27(33)30(25)14-16-6-7-22-23(10-16)35-9-8-34-22/h2-7,10,13,17H,8-9,11-12,14H2,1H3,(H,29,32,33). The number of nitrogens with zero attached hydrogens (tertiary/aromatic N) is 2. The van der Waals surface area contributed by atoms with Crippen LogP contribution in [0.3, 0.4) is 0 Å². The molecular formula is C27H23N3O5. The third-order valence-electron chi connectivity index (χ3n) is 6.87. The van der Waals surface area contributed by atoms with Crippen molar-refractivity contribution in [2.24, 2.45) is 0 Å². The molecular weight excluding hydrogens is 446 g/mol. The molecule has 1 aliphatic carbocycles. The summed E-state index contributed by atoms with van der Waals surface area (Å²) < 4.78 is 12.7. The van der Waals surface area contributed by atoms with Gasteiger partial charge in [0.05, 0.1) is 11.9 Å². The highest BCUT2D eigenvalue weighted by Gasteiger charge is 2.30. The van der Waals surface area contributed by atoms with Crippen molar-refractivity contribution in [3.63, 3.8) is 0 Å². The van der Waals surface area contributed by atoms with Gasteiger partial charge in [-0.15, -0.1) is 0 Å². The van der Waals surface area contributed by atoms with Gasteiger partial charge in [-0.2, -0.15) is 0 Å². The smallest absolute Gasteiger partial charge is 0.330 e. The van der Waals surface area contributed by atoms with Crippen LogP contribution >= 0.6 is 0 Å². The van der Waals surface area contributed by atoms with Crippen molar-refractivity contribution in [3.8, 4) is 11.5 Å². The van der Waals surface area contributed by atoms with Gasteiger partial charge in [0.2, 0.25) is 0 Å². The molecule has 4 aromatic rings. The number of rotatable bonds is 3. The van der Waals surface area contributed by atoms with Crippen LogP contribution < -0.4 is 20.7 Å². The molecule has 35 heavy (non-hydrogen) atoms. The first-order valence-electron chi connectivity index (χ1n) is 11.6. The lowest BCUT2D eigenvalue weighted by atomic mass is 9.78. The summed E-state index contributed by atoms with van der Waals surface area (Å²) in [6.07, 6.45) is 2.39. The van der Waals surface area contributed by atoms with E-state index in [9.17, 15) is 14.4 Å². The minimum Gasteiger partial charge on any atom is -0.486 e. The van der Waals surface area contributed by atoms with Crippen LogP contribution in [0.5, 0.6) is 11.5 Å². The largest absolute Gasteiger partial charge is 0.486 e. The van der Waals surface area contributed by atoms with Crippen molar-refractivity contribution in [1.29, 1.82) is 0 Å². The van der Waals surface area contributed by atoms with Crippen LogP contribution in [0.15, 0.2) is 58.3 Å². The van der Waals surface area contributed by atoms with Gasteiger partial charge in [-0.25, -0.2) is 9.78 Å². The van der Waals surface area contributed by atoms with Crippen LogP contribution in [-0.2, 0) is 13.0 Å². The van der Waals surface area contributed by atoms with E-state index >= 15 is 0 Å². The van der Waals surface area contributed by atoms with Crippen LogP contribution in [0.2, 0.25) is 0 Å². The Bertz CT molecular complexity index is 1620. The van der Waals surface area contributed by atoms with Crippen molar-refractivity contribution in [2.75, 3.05) is 13.2 Å². The molecule has 0 fully saturated rings. The Hall–Kier alpha value is -4.20. The molecule has 0 amide bonds. The number of aryl methyl sites for hydroxylation is 1. The van der Waals surface area contributed by atoms with Crippen LogP contribution in [0.1, 0.15) is 45.0 Å². The van der Waals surface area contributed by atoms with Gasteiger partial charge in [-0.05, 0) is 53.6 Å². The molecule has 1 aliphatic heterocycles. The summed E-state index contributed by atoms with van der Waals surface area (Å²) in [5.74, 6) is 1.19. The van der Waals surface area contributed by atoms with Gasteiger partial charge >= 0.3 is 5.69 Å². The topological polar surface area (TPSA) is 103 Å². The number of carbonyl (C=O) groups is 1. The summed E-state index contributed by atoms with van der Waals surface area (Å²) in [7, 11) is 0. The number of aromatic amines is 1. The van der Waals surface area contributed by atoms with Crippen molar-refractivity contribution in [1.82, 2.24) is 14.5 Å². The molecule has 0 saturated carbocycles. The Morgan fingerprint density at radius 3 is 2.66 bits per heavy atom. The third-order valence-corrected chi connectivity index (χ3v) is 6.87. The average Bonchev–Trinajstić information content (AvgIpc) is 2.86. The first-order chi connectivity index (χ1) is 17.0. The molecule has 0 bridgehead atoms. The number of hydrogen-bond donors (Lipinski definition) is 1. The molecule has 2 aromatic heterocycles. The number of nitrogens with one attached hydrogen (secondary N) is 1. The predicted molar refractivity (Wildman–Crippen MR) is 130 cm³/mol. The van der Waals surface area contributed by atoms with Crippen molar-refractivity contribution < 1.29 is 14.3 Å². The fraction of sp³-hybridized carbons (Fsp3) is 0.259. The lowest BCUT2D eigenvalue weighted by molar-refractivity contribution is 0.0964. The van der Waals surface area contributed by atoms with E-state index < -0.39 is 11.2 Å². The SMILES string of the molecule is Cc1ccccc1C1CC(=O)c2cnc3c(c2C1)c(=O)[nH]c(=O)n3Cc1ccc2c(c1)OCCO2. The summed E-state index contributed by atoms with van der Waals surface area (Å²) in [6, 6.07) is 13.5. The lowest BCUT2D eigenvalue weighted by Crippen LogP contribution is -2.33. The Labute approximate surface area is 200 Å². The van der Waals surface area contributed by atoms with Crippen molar-refractivity contribution >= 4 is 16.8 Å². The molecule has 3 heterocycles. The van der Waals surface area contributed by atoms with Crippen molar-refractivity contribution in [2.45, 2.75) is 32.2 Å². The molecule has 1 atom stereocenters. The average molecular weight is 469 g/mol. The van der Waals surface area contributed by atoms with E-state index in [0.29, 0.717) is 54.1 Å². The normalized spacial score (nSPS) is 16.8. The molecule has 2 aromatic carbocycles. The number of fused-ring (bicyclic) bond motifs is 4. The van der Waals surface area contributed by atoms with Gasteiger partial charge in [0, 0.05) is 18.2 Å². The van der Waals surface area contributed by atoms with Gasteiger partial charge in [0.1, 0.15) is 18.9 Å². The number of aromatic nitrogens is 3. The van der Waals surface area contributed by atoms with E-state index in [-0.39, 0.29) is 23.9 Å². The molecule has 2 aliphatic rings. The number of hydrogen-bond acceptors (Lipinski definition) is 6. The van der Waals surface area contributed by atoms with E-state index in [1.54, 1.807) is 0 Å². The fourth-order valence-corrected chi connectivity index (χ4v) is 5.19. The Balaban J connectivity index is 1.48. The Morgan fingerprint density at radius 1 is 1.03 bits per heavy atom. The van der Waals surface area contributed by atoms with Gasteiger partial charge in [0.15, 0.2) is 17.3 Å². The number of pyridine rings is 1.